The number of hydrogen-bond donors (Lipinski definition) is 2. The fourth-order valence-corrected chi connectivity index (χ4v) is 3.18. The lowest BCUT2D eigenvalue weighted by Gasteiger charge is -2.16. The first-order valence-electron chi connectivity index (χ1n) is 8.69. The third kappa shape index (κ3) is 4.19. The van der Waals surface area contributed by atoms with Crippen LogP contribution in [0.4, 0.5) is 4.39 Å². The maximum atomic E-state index is 13.9. The van der Waals surface area contributed by atoms with Crippen molar-refractivity contribution in [2.24, 2.45) is 0 Å². The number of nitrogens with one attached hydrogen (secondary N) is 1. The summed E-state index contributed by atoms with van der Waals surface area (Å²) in [6, 6.07) is 9.19. The van der Waals surface area contributed by atoms with Crippen LogP contribution in [0.5, 0.6) is 11.5 Å². The molecule has 0 spiro atoms. The molecule has 2 aromatic carbocycles. The van der Waals surface area contributed by atoms with Crippen LogP contribution in [0.25, 0.3) is 0 Å². The number of halogens is 1. The largest absolute Gasteiger partial charge is 0.490 e. The van der Waals surface area contributed by atoms with Crippen LogP contribution in [0.2, 0.25) is 0 Å². The van der Waals surface area contributed by atoms with Gasteiger partial charge in [0.25, 0.3) is 5.91 Å². The molecule has 2 N–H and O–H groups in total. The Morgan fingerprint density at radius 2 is 2.04 bits per heavy atom. The highest BCUT2D eigenvalue weighted by atomic mass is 19.1. The zero-order valence-corrected chi connectivity index (χ0v) is 14.8. The first kappa shape index (κ1) is 18.7. The Morgan fingerprint density at radius 1 is 1.22 bits per heavy atom. The molecule has 0 radical (unpaired) electrons. The summed E-state index contributed by atoms with van der Waals surface area (Å²) in [7, 11) is 0. The standard InChI is InChI=1S/C20H20FNO5/c1-2-26-18-10-12(6-9-17(18)27-11-19(23)24)20(25)22-16-8-7-13-14(16)4-3-5-15(13)21/h3-6,9-10,16H,2,7-8,11H2,1H3,(H,22,25)(H,23,24). The Kier molecular flexibility index (Phi) is 5.59. The van der Waals surface area contributed by atoms with Crippen LogP contribution in [0.1, 0.15) is 40.9 Å². The molecule has 1 amide bonds. The van der Waals surface area contributed by atoms with E-state index < -0.39 is 12.6 Å². The van der Waals surface area contributed by atoms with E-state index in [1.54, 1.807) is 13.0 Å². The molecule has 27 heavy (non-hydrogen) atoms. The van der Waals surface area contributed by atoms with E-state index in [4.69, 9.17) is 14.6 Å². The zero-order valence-electron chi connectivity index (χ0n) is 14.8. The van der Waals surface area contributed by atoms with Gasteiger partial charge in [0.2, 0.25) is 0 Å². The average molecular weight is 373 g/mol. The van der Waals surface area contributed by atoms with Gasteiger partial charge in [-0.25, -0.2) is 9.18 Å². The van der Waals surface area contributed by atoms with Crippen LogP contribution >= 0.6 is 0 Å². The minimum atomic E-state index is -1.11. The monoisotopic (exact) mass is 373 g/mol. The summed E-state index contributed by atoms with van der Waals surface area (Å²) in [5.41, 5.74) is 1.80. The number of fused-ring (bicyclic) bond motifs is 1. The number of ether oxygens (including phenoxy) is 2. The lowest BCUT2D eigenvalue weighted by molar-refractivity contribution is -0.139. The predicted octanol–water partition coefficient (Wildman–Crippen LogP) is 3.11. The van der Waals surface area contributed by atoms with E-state index in [1.807, 2.05) is 6.07 Å². The van der Waals surface area contributed by atoms with Crippen LogP contribution < -0.4 is 14.8 Å². The van der Waals surface area contributed by atoms with Crippen LogP contribution in [0.15, 0.2) is 36.4 Å². The summed E-state index contributed by atoms with van der Waals surface area (Å²) in [4.78, 5) is 23.3. The first-order valence-corrected chi connectivity index (χ1v) is 8.69. The Hall–Kier alpha value is -3.09. The van der Waals surface area contributed by atoms with E-state index in [2.05, 4.69) is 5.32 Å². The number of benzene rings is 2. The van der Waals surface area contributed by atoms with Crippen molar-refractivity contribution in [1.29, 1.82) is 0 Å². The van der Waals surface area contributed by atoms with E-state index >= 15 is 0 Å². The number of carboxylic acid groups (broad SMARTS) is 1. The third-order valence-corrected chi connectivity index (χ3v) is 4.38. The molecule has 1 unspecified atom stereocenters. The Bertz CT molecular complexity index is 867. The fraction of sp³-hybridized carbons (Fsp3) is 0.300. The molecule has 0 bridgehead atoms. The smallest absolute Gasteiger partial charge is 0.341 e. The molecular weight excluding hydrogens is 353 g/mol. The number of carbonyl (C=O) groups is 2. The van der Waals surface area contributed by atoms with Gasteiger partial charge >= 0.3 is 5.97 Å². The molecule has 6 nitrogen and oxygen atoms in total. The van der Waals surface area contributed by atoms with Crippen molar-refractivity contribution in [1.82, 2.24) is 5.32 Å². The second-order valence-corrected chi connectivity index (χ2v) is 6.15. The van der Waals surface area contributed by atoms with Crippen molar-refractivity contribution >= 4 is 11.9 Å². The van der Waals surface area contributed by atoms with Gasteiger partial charge in [-0.1, -0.05) is 12.1 Å². The first-order chi connectivity index (χ1) is 13.0. The van der Waals surface area contributed by atoms with E-state index in [-0.39, 0.29) is 23.5 Å². The Morgan fingerprint density at radius 3 is 2.78 bits per heavy atom. The topological polar surface area (TPSA) is 84.9 Å². The van der Waals surface area contributed by atoms with Crippen molar-refractivity contribution in [2.45, 2.75) is 25.8 Å². The molecule has 0 saturated carbocycles. The van der Waals surface area contributed by atoms with Gasteiger partial charge in [0, 0.05) is 5.56 Å². The minimum absolute atomic E-state index is 0.247. The number of carboxylic acids is 1. The summed E-state index contributed by atoms with van der Waals surface area (Å²) in [6.45, 7) is 1.61. The summed E-state index contributed by atoms with van der Waals surface area (Å²) >= 11 is 0. The summed E-state index contributed by atoms with van der Waals surface area (Å²) in [5.74, 6) is -1.12. The van der Waals surface area contributed by atoms with Gasteiger partial charge in [-0.2, -0.15) is 0 Å². The molecule has 142 valence electrons. The Balaban J connectivity index is 1.76. The zero-order chi connectivity index (χ0) is 19.4. The van der Waals surface area contributed by atoms with Crippen molar-refractivity contribution in [3.8, 4) is 11.5 Å². The van der Waals surface area contributed by atoms with E-state index in [0.717, 1.165) is 5.56 Å². The summed E-state index contributed by atoms with van der Waals surface area (Å²) in [6.07, 6.45) is 1.22. The lowest BCUT2D eigenvalue weighted by atomic mass is 10.1. The van der Waals surface area contributed by atoms with E-state index in [1.165, 1.54) is 24.3 Å². The molecule has 0 aromatic heterocycles. The highest BCUT2D eigenvalue weighted by Gasteiger charge is 2.26. The number of rotatable bonds is 7. The van der Waals surface area contributed by atoms with Crippen LogP contribution in [0.3, 0.4) is 0 Å². The number of carbonyl (C=O) groups excluding carboxylic acids is 1. The highest BCUT2D eigenvalue weighted by molar-refractivity contribution is 5.95. The molecule has 1 aliphatic rings. The van der Waals surface area contributed by atoms with Crippen molar-refractivity contribution in [3.63, 3.8) is 0 Å². The minimum Gasteiger partial charge on any atom is -0.490 e. The lowest BCUT2D eigenvalue weighted by Crippen LogP contribution is -2.27. The fourth-order valence-electron chi connectivity index (χ4n) is 3.18. The summed E-state index contributed by atoms with van der Waals surface area (Å²) < 4.78 is 24.5. The molecule has 0 fully saturated rings. The molecule has 7 heteroatoms. The van der Waals surface area contributed by atoms with Crippen molar-refractivity contribution in [3.05, 3.63) is 58.9 Å². The van der Waals surface area contributed by atoms with Crippen LogP contribution in [-0.2, 0) is 11.2 Å². The van der Waals surface area contributed by atoms with E-state index in [0.29, 0.717) is 36.3 Å². The number of aliphatic carboxylic acids is 1. The second-order valence-electron chi connectivity index (χ2n) is 6.15. The van der Waals surface area contributed by atoms with Gasteiger partial charge < -0.3 is 19.9 Å². The van der Waals surface area contributed by atoms with Gasteiger partial charge in [-0.3, -0.25) is 4.79 Å². The molecule has 1 aliphatic carbocycles. The summed E-state index contributed by atoms with van der Waals surface area (Å²) in [5, 5.41) is 11.7. The normalized spacial score (nSPS) is 15.1. The van der Waals surface area contributed by atoms with Gasteiger partial charge in [-0.15, -0.1) is 0 Å². The van der Waals surface area contributed by atoms with Gasteiger partial charge in [0.15, 0.2) is 18.1 Å². The maximum absolute atomic E-state index is 13.9. The van der Waals surface area contributed by atoms with Gasteiger partial charge in [0.05, 0.1) is 12.6 Å². The van der Waals surface area contributed by atoms with Crippen LogP contribution in [-0.4, -0.2) is 30.2 Å². The maximum Gasteiger partial charge on any atom is 0.341 e. The van der Waals surface area contributed by atoms with Crippen LogP contribution in [0, 0.1) is 5.82 Å². The molecule has 0 heterocycles. The number of hydrogen-bond acceptors (Lipinski definition) is 4. The highest BCUT2D eigenvalue weighted by Crippen LogP contribution is 2.33. The molecule has 0 aliphatic heterocycles. The second kappa shape index (κ2) is 8.07. The average Bonchev–Trinajstić information content (AvgIpc) is 3.05. The predicted molar refractivity (Wildman–Crippen MR) is 95.7 cm³/mol. The molecule has 3 rings (SSSR count). The molecule has 0 saturated heterocycles. The van der Waals surface area contributed by atoms with Crippen molar-refractivity contribution < 1.29 is 28.6 Å². The SMILES string of the molecule is CCOc1cc(C(=O)NC2CCc3c(F)cccc32)ccc1OCC(=O)O. The third-order valence-electron chi connectivity index (χ3n) is 4.38. The molecule has 2 aromatic rings. The number of amides is 1. The molecule has 1 atom stereocenters. The van der Waals surface area contributed by atoms with Gasteiger partial charge in [-0.05, 0) is 55.2 Å². The van der Waals surface area contributed by atoms with Crippen molar-refractivity contribution in [2.75, 3.05) is 13.2 Å². The quantitative estimate of drug-likeness (QED) is 0.779. The Labute approximate surface area is 155 Å². The van der Waals surface area contributed by atoms with Gasteiger partial charge in [0.1, 0.15) is 5.82 Å². The van der Waals surface area contributed by atoms with E-state index in [9.17, 15) is 14.0 Å². The molecular formula is C20H20FNO5.